The summed E-state index contributed by atoms with van der Waals surface area (Å²) >= 11 is 1.46. The van der Waals surface area contributed by atoms with Gasteiger partial charge in [-0.3, -0.25) is 9.59 Å². The molecule has 0 saturated carbocycles. The second kappa shape index (κ2) is 8.75. The number of nitrogens with zero attached hydrogens (tertiary/aromatic N) is 3. The fourth-order valence-electron chi connectivity index (χ4n) is 2.38. The normalized spacial score (nSPS) is 10.9. The molecule has 3 aromatic rings. The van der Waals surface area contributed by atoms with Crippen LogP contribution in [0.15, 0.2) is 41.8 Å². The Hall–Kier alpha value is -3.07. The van der Waals surface area contributed by atoms with Gasteiger partial charge in [-0.1, -0.05) is 19.9 Å². The molecule has 2 heterocycles. The van der Waals surface area contributed by atoms with Crippen molar-refractivity contribution in [2.75, 3.05) is 13.1 Å². The fourth-order valence-corrected chi connectivity index (χ4v) is 3.08. The first-order chi connectivity index (χ1) is 13.5. The highest BCUT2D eigenvalue weighted by Gasteiger charge is 2.19. The minimum absolute atomic E-state index is 0.00270. The lowest BCUT2D eigenvalue weighted by atomic mass is 10.2. The Morgan fingerprint density at radius 2 is 1.86 bits per heavy atom. The third-order valence-corrected chi connectivity index (χ3v) is 4.72. The summed E-state index contributed by atoms with van der Waals surface area (Å²) < 4.78 is 14.8. The first-order valence-electron chi connectivity index (χ1n) is 8.78. The lowest BCUT2D eigenvalue weighted by Crippen LogP contribution is -2.36. The van der Waals surface area contributed by atoms with Crippen LogP contribution in [0.3, 0.4) is 0 Å². The van der Waals surface area contributed by atoms with Crippen molar-refractivity contribution in [2.45, 2.75) is 13.8 Å². The van der Waals surface area contributed by atoms with Crippen LogP contribution < -0.4 is 10.6 Å². The smallest absolute Gasteiger partial charge is 0.291 e. The minimum Gasteiger partial charge on any atom is -0.354 e. The zero-order chi connectivity index (χ0) is 20.1. The first-order valence-corrected chi connectivity index (χ1v) is 9.66. The Bertz CT molecular complexity index is 951. The number of aromatic nitrogens is 3. The lowest BCUT2D eigenvalue weighted by molar-refractivity contribution is -0.123. The van der Waals surface area contributed by atoms with Gasteiger partial charge in [0.15, 0.2) is 5.82 Å². The van der Waals surface area contributed by atoms with Crippen LogP contribution >= 0.6 is 11.3 Å². The van der Waals surface area contributed by atoms with Crippen LogP contribution in [0, 0.1) is 11.7 Å². The average Bonchev–Trinajstić information content (AvgIpc) is 3.34. The van der Waals surface area contributed by atoms with Crippen molar-refractivity contribution in [3.05, 3.63) is 53.4 Å². The van der Waals surface area contributed by atoms with E-state index in [1.165, 1.54) is 28.2 Å². The summed E-state index contributed by atoms with van der Waals surface area (Å²) in [5.41, 5.74) is 0.598. The van der Waals surface area contributed by atoms with E-state index in [1.807, 2.05) is 17.5 Å². The van der Waals surface area contributed by atoms with Gasteiger partial charge < -0.3 is 10.6 Å². The van der Waals surface area contributed by atoms with E-state index in [0.717, 1.165) is 4.88 Å². The van der Waals surface area contributed by atoms with Crippen molar-refractivity contribution in [1.29, 1.82) is 0 Å². The second-order valence-electron chi connectivity index (χ2n) is 6.33. The SMILES string of the molecule is CC(C)C(=O)NCCNC(=O)c1nc(-c2cccs2)n(-c2ccc(F)cc2)n1. The van der Waals surface area contributed by atoms with Crippen LogP contribution in [-0.4, -0.2) is 39.7 Å². The molecule has 2 N–H and O–H groups in total. The molecule has 3 rings (SSSR count). The number of halogens is 1. The summed E-state index contributed by atoms with van der Waals surface area (Å²) in [5.74, 6) is -0.492. The number of hydrogen-bond donors (Lipinski definition) is 2. The summed E-state index contributed by atoms with van der Waals surface area (Å²) in [6.07, 6.45) is 0. The molecular weight excluding hydrogens is 381 g/mol. The van der Waals surface area contributed by atoms with Crippen LogP contribution in [-0.2, 0) is 4.79 Å². The Labute approximate surface area is 165 Å². The summed E-state index contributed by atoms with van der Waals surface area (Å²) in [6, 6.07) is 9.55. The zero-order valence-electron chi connectivity index (χ0n) is 15.5. The Morgan fingerprint density at radius 3 is 2.50 bits per heavy atom. The van der Waals surface area contributed by atoms with Gasteiger partial charge in [0.2, 0.25) is 11.7 Å². The van der Waals surface area contributed by atoms with Gasteiger partial charge in [0.25, 0.3) is 5.91 Å². The highest BCUT2D eigenvalue weighted by molar-refractivity contribution is 7.13. The van der Waals surface area contributed by atoms with Crippen molar-refractivity contribution in [3.63, 3.8) is 0 Å². The molecule has 0 fully saturated rings. The standard InChI is InChI=1S/C19H20FN5O2S/c1-12(2)18(26)21-9-10-22-19(27)16-23-17(15-4-3-11-28-15)25(24-16)14-7-5-13(20)6-8-14/h3-8,11-12H,9-10H2,1-2H3,(H,21,26)(H,22,27). The Balaban J connectivity index is 1.76. The van der Waals surface area contributed by atoms with Crippen LogP contribution in [0.1, 0.15) is 24.5 Å². The highest BCUT2D eigenvalue weighted by atomic mass is 32.1. The first kappa shape index (κ1) is 19.7. The van der Waals surface area contributed by atoms with Gasteiger partial charge in [-0.15, -0.1) is 16.4 Å². The van der Waals surface area contributed by atoms with Gasteiger partial charge in [-0.05, 0) is 35.7 Å². The van der Waals surface area contributed by atoms with Crippen LogP contribution in [0.2, 0.25) is 0 Å². The monoisotopic (exact) mass is 401 g/mol. The van der Waals surface area contributed by atoms with E-state index in [4.69, 9.17) is 0 Å². The van der Waals surface area contributed by atoms with Crippen LogP contribution in [0.5, 0.6) is 0 Å². The number of hydrogen-bond acceptors (Lipinski definition) is 5. The second-order valence-corrected chi connectivity index (χ2v) is 7.27. The maximum atomic E-state index is 13.3. The third kappa shape index (κ3) is 4.61. The fraction of sp³-hybridized carbons (Fsp3) is 0.263. The largest absolute Gasteiger partial charge is 0.354 e. The van der Waals surface area contributed by atoms with E-state index in [0.29, 0.717) is 18.1 Å². The maximum absolute atomic E-state index is 13.3. The molecular formula is C19H20FN5O2S. The summed E-state index contributed by atoms with van der Waals surface area (Å²) in [7, 11) is 0. The molecule has 9 heteroatoms. The highest BCUT2D eigenvalue weighted by Crippen LogP contribution is 2.25. The van der Waals surface area contributed by atoms with E-state index in [1.54, 1.807) is 26.0 Å². The molecule has 2 aromatic heterocycles. The van der Waals surface area contributed by atoms with Gasteiger partial charge in [-0.2, -0.15) is 0 Å². The van der Waals surface area contributed by atoms with Crippen LogP contribution in [0.25, 0.3) is 16.4 Å². The van der Waals surface area contributed by atoms with Gasteiger partial charge in [0.1, 0.15) is 5.82 Å². The molecule has 0 unspecified atom stereocenters. The Morgan fingerprint density at radius 1 is 1.14 bits per heavy atom. The van der Waals surface area contributed by atoms with Crippen LogP contribution in [0.4, 0.5) is 4.39 Å². The number of amides is 2. The van der Waals surface area contributed by atoms with E-state index in [9.17, 15) is 14.0 Å². The third-order valence-electron chi connectivity index (χ3n) is 3.86. The number of carbonyl (C=O) groups is 2. The molecule has 0 bridgehead atoms. The molecule has 1 aromatic carbocycles. The van der Waals surface area contributed by atoms with Crippen molar-refractivity contribution in [2.24, 2.45) is 5.92 Å². The predicted octanol–water partition coefficient (Wildman–Crippen LogP) is 2.64. The predicted molar refractivity (Wildman–Crippen MR) is 105 cm³/mol. The number of rotatable bonds is 7. The summed E-state index contributed by atoms with van der Waals surface area (Å²) in [4.78, 5) is 29.2. The molecule has 146 valence electrons. The van der Waals surface area contributed by atoms with Crippen molar-refractivity contribution < 1.29 is 14.0 Å². The molecule has 0 saturated heterocycles. The summed E-state index contributed by atoms with van der Waals surface area (Å²) in [5, 5.41) is 11.6. The molecule has 0 radical (unpaired) electrons. The molecule has 2 amide bonds. The van der Waals surface area contributed by atoms with Crippen molar-refractivity contribution in [1.82, 2.24) is 25.4 Å². The Kier molecular flexibility index (Phi) is 6.15. The molecule has 0 aliphatic rings. The molecule has 0 aliphatic heterocycles. The quantitative estimate of drug-likeness (QED) is 0.596. The number of nitrogens with one attached hydrogen (secondary N) is 2. The van der Waals surface area contributed by atoms with Crippen molar-refractivity contribution >= 4 is 23.2 Å². The minimum atomic E-state index is -0.447. The number of benzene rings is 1. The van der Waals surface area contributed by atoms with E-state index < -0.39 is 5.91 Å². The van der Waals surface area contributed by atoms with E-state index in [-0.39, 0.29) is 30.0 Å². The number of thiophene rings is 1. The number of carbonyl (C=O) groups excluding carboxylic acids is 2. The maximum Gasteiger partial charge on any atom is 0.291 e. The van der Waals surface area contributed by atoms with Crippen molar-refractivity contribution in [3.8, 4) is 16.4 Å². The summed E-state index contributed by atoms with van der Waals surface area (Å²) in [6.45, 7) is 4.17. The topological polar surface area (TPSA) is 88.9 Å². The van der Waals surface area contributed by atoms with Gasteiger partial charge in [0.05, 0.1) is 10.6 Å². The molecule has 0 spiro atoms. The zero-order valence-corrected chi connectivity index (χ0v) is 16.3. The van der Waals surface area contributed by atoms with Gasteiger partial charge >= 0.3 is 0 Å². The van der Waals surface area contributed by atoms with Gasteiger partial charge in [-0.25, -0.2) is 14.1 Å². The molecule has 28 heavy (non-hydrogen) atoms. The average molecular weight is 401 g/mol. The van der Waals surface area contributed by atoms with E-state index in [2.05, 4.69) is 20.7 Å². The van der Waals surface area contributed by atoms with Gasteiger partial charge in [0, 0.05) is 19.0 Å². The molecule has 7 nitrogen and oxygen atoms in total. The molecule has 0 atom stereocenters. The van der Waals surface area contributed by atoms with E-state index >= 15 is 0 Å². The lowest BCUT2D eigenvalue weighted by Gasteiger charge is -2.07. The molecule has 0 aliphatic carbocycles.